The highest BCUT2D eigenvalue weighted by Gasteiger charge is 2.11. The van der Waals surface area contributed by atoms with Gasteiger partial charge in [-0.3, -0.25) is 4.79 Å². The van der Waals surface area contributed by atoms with Crippen LogP contribution in [0.5, 0.6) is 0 Å². The van der Waals surface area contributed by atoms with E-state index >= 15 is 0 Å². The molecule has 0 atom stereocenters. The summed E-state index contributed by atoms with van der Waals surface area (Å²) in [5.74, 6) is -1.64. The number of Topliss-reactive ketones (excluding diaryl/α,β-unsaturated/α-hetero) is 1. The van der Waals surface area contributed by atoms with Gasteiger partial charge in [0.25, 0.3) is 0 Å². The van der Waals surface area contributed by atoms with Gasteiger partial charge < -0.3 is 0 Å². The van der Waals surface area contributed by atoms with Crippen molar-refractivity contribution >= 4 is 17.1 Å². The van der Waals surface area contributed by atoms with Crippen LogP contribution in [0.4, 0.5) is 8.78 Å². The van der Waals surface area contributed by atoms with Crippen LogP contribution in [0.25, 0.3) is 10.4 Å². The predicted molar refractivity (Wildman–Crippen MR) is 68.9 cm³/mol. The largest absolute Gasteiger partial charge is 0.293 e. The van der Waals surface area contributed by atoms with Crippen LogP contribution in [0, 0.1) is 11.6 Å². The maximum absolute atomic E-state index is 13.1. The van der Waals surface area contributed by atoms with Crippen molar-refractivity contribution in [2.75, 3.05) is 0 Å². The van der Waals surface area contributed by atoms with Gasteiger partial charge in [0.1, 0.15) is 0 Å². The monoisotopic (exact) mass is 266 g/mol. The van der Waals surface area contributed by atoms with Crippen molar-refractivity contribution in [3.05, 3.63) is 46.8 Å². The molecule has 0 unspecified atom stereocenters. The van der Waals surface area contributed by atoms with E-state index in [1.807, 2.05) is 6.92 Å². The van der Waals surface area contributed by atoms with E-state index in [1.165, 1.54) is 17.4 Å². The second kappa shape index (κ2) is 5.40. The zero-order valence-electron chi connectivity index (χ0n) is 9.87. The average molecular weight is 266 g/mol. The zero-order valence-corrected chi connectivity index (χ0v) is 10.7. The summed E-state index contributed by atoms with van der Waals surface area (Å²) in [7, 11) is 0. The normalized spacial score (nSPS) is 10.6. The number of halogens is 2. The Morgan fingerprint density at radius 1 is 1.17 bits per heavy atom. The van der Waals surface area contributed by atoms with Crippen molar-refractivity contribution in [3.8, 4) is 10.4 Å². The first-order chi connectivity index (χ1) is 8.61. The van der Waals surface area contributed by atoms with Crippen LogP contribution in [0.3, 0.4) is 0 Å². The molecule has 0 bridgehead atoms. The fraction of sp³-hybridized carbons (Fsp3) is 0.214. The van der Waals surface area contributed by atoms with Gasteiger partial charge in [0, 0.05) is 11.3 Å². The lowest BCUT2D eigenvalue weighted by Crippen LogP contribution is -1.93. The fourth-order valence-electron chi connectivity index (χ4n) is 1.64. The number of benzene rings is 1. The van der Waals surface area contributed by atoms with E-state index in [2.05, 4.69) is 0 Å². The molecule has 18 heavy (non-hydrogen) atoms. The third-order valence-corrected chi connectivity index (χ3v) is 3.74. The molecule has 0 aliphatic carbocycles. The van der Waals surface area contributed by atoms with Crippen molar-refractivity contribution < 1.29 is 13.6 Å². The Morgan fingerprint density at radius 3 is 2.61 bits per heavy atom. The van der Waals surface area contributed by atoms with Gasteiger partial charge in [-0.2, -0.15) is 0 Å². The summed E-state index contributed by atoms with van der Waals surface area (Å²) in [6, 6.07) is 7.25. The van der Waals surface area contributed by atoms with Crippen molar-refractivity contribution in [2.45, 2.75) is 19.8 Å². The Morgan fingerprint density at radius 2 is 1.94 bits per heavy atom. The molecule has 0 fully saturated rings. The van der Waals surface area contributed by atoms with Crippen LogP contribution >= 0.6 is 11.3 Å². The van der Waals surface area contributed by atoms with Gasteiger partial charge in [-0.1, -0.05) is 13.0 Å². The van der Waals surface area contributed by atoms with Gasteiger partial charge >= 0.3 is 0 Å². The van der Waals surface area contributed by atoms with Gasteiger partial charge in [-0.25, -0.2) is 8.78 Å². The molecular formula is C14H12F2OS. The van der Waals surface area contributed by atoms with Crippen LogP contribution < -0.4 is 0 Å². The average Bonchev–Trinajstić information content (AvgIpc) is 2.82. The van der Waals surface area contributed by atoms with E-state index in [0.717, 1.165) is 23.4 Å². The molecule has 0 saturated carbocycles. The smallest absolute Gasteiger partial charge is 0.172 e. The molecule has 4 heteroatoms. The fourth-order valence-corrected chi connectivity index (χ4v) is 2.61. The molecule has 0 aliphatic heterocycles. The number of carbonyl (C=O) groups excluding carboxylic acids is 1. The quantitative estimate of drug-likeness (QED) is 0.734. The minimum Gasteiger partial charge on any atom is -0.293 e. The summed E-state index contributed by atoms with van der Waals surface area (Å²) in [4.78, 5) is 13.1. The summed E-state index contributed by atoms with van der Waals surface area (Å²) in [6.45, 7) is 1.95. The first-order valence-electron chi connectivity index (χ1n) is 5.70. The number of ketones is 1. The van der Waals surface area contributed by atoms with Crippen LogP contribution in [-0.2, 0) is 0 Å². The Kier molecular flexibility index (Phi) is 3.87. The van der Waals surface area contributed by atoms with E-state index < -0.39 is 11.6 Å². The predicted octanol–water partition coefficient (Wildman–Crippen LogP) is 4.68. The standard InChI is InChI=1S/C14H12F2OS/c1-2-3-12(17)14-7-6-13(18-14)9-4-5-10(15)11(16)8-9/h4-8H,2-3H2,1H3. The number of hydrogen-bond donors (Lipinski definition) is 0. The molecule has 2 rings (SSSR count). The van der Waals surface area contributed by atoms with Crippen LogP contribution in [0.2, 0.25) is 0 Å². The summed E-state index contributed by atoms with van der Waals surface area (Å²) in [5.41, 5.74) is 0.592. The highest BCUT2D eigenvalue weighted by molar-refractivity contribution is 7.17. The topological polar surface area (TPSA) is 17.1 Å². The Bertz CT molecular complexity index is 575. The molecule has 0 radical (unpaired) electrons. The van der Waals surface area contributed by atoms with Gasteiger partial charge in [0.15, 0.2) is 17.4 Å². The van der Waals surface area contributed by atoms with Crippen molar-refractivity contribution in [1.29, 1.82) is 0 Å². The van der Waals surface area contributed by atoms with Gasteiger partial charge in [-0.05, 0) is 36.2 Å². The molecule has 0 saturated heterocycles. The zero-order chi connectivity index (χ0) is 13.1. The van der Waals surface area contributed by atoms with Gasteiger partial charge in [0.05, 0.1) is 4.88 Å². The summed E-state index contributed by atoms with van der Waals surface area (Å²) in [5, 5.41) is 0. The minimum atomic E-state index is -0.873. The Hall–Kier alpha value is -1.55. The highest BCUT2D eigenvalue weighted by atomic mass is 32.1. The Balaban J connectivity index is 2.29. The van der Waals surface area contributed by atoms with Crippen molar-refractivity contribution in [3.63, 3.8) is 0 Å². The minimum absolute atomic E-state index is 0.0938. The molecule has 0 aliphatic rings. The number of thiophene rings is 1. The maximum Gasteiger partial charge on any atom is 0.172 e. The van der Waals surface area contributed by atoms with Crippen LogP contribution in [0.15, 0.2) is 30.3 Å². The van der Waals surface area contributed by atoms with Gasteiger partial charge in [0.2, 0.25) is 0 Å². The third kappa shape index (κ3) is 2.64. The first-order valence-corrected chi connectivity index (χ1v) is 6.52. The highest BCUT2D eigenvalue weighted by Crippen LogP contribution is 2.29. The molecule has 0 spiro atoms. The van der Waals surface area contributed by atoms with Gasteiger partial charge in [-0.15, -0.1) is 11.3 Å². The summed E-state index contributed by atoms with van der Waals surface area (Å²) in [6.07, 6.45) is 1.31. The number of rotatable bonds is 4. The lowest BCUT2D eigenvalue weighted by molar-refractivity contribution is 0.0985. The molecule has 1 nitrogen and oxygen atoms in total. The second-order valence-corrected chi connectivity index (χ2v) is 5.05. The van der Waals surface area contributed by atoms with E-state index in [-0.39, 0.29) is 5.78 Å². The first kappa shape index (κ1) is 12.9. The van der Waals surface area contributed by atoms with Crippen LogP contribution in [-0.4, -0.2) is 5.78 Å². The second-order valence-electron chi connectivity index (χ2n) is 3.97. The van der Waals surface area contributed by atoms with E-state index in [1.54, 1.807) is 12.1 Å². The number of carbonyl (C=O) groups is 1. The molecular weight excluding hydrogens is 254 g/mol. The number of hydrogen-bond acceptors (Lipinski definition) is 2. The maximum atomic E-state index is 13.1. The molecule has 1 aromatic heterocycles. The lowest BCUT2D eigenvalue weighted by Gasteiger charge is -1.98. The molecule has 94 valence electrons. The molecule has 1 aromatic carbocycles. The van der Waals surface area contributed by atoms with E-state index in [9.17, 15) is 13.6 Å². The van der Waals surface area contributed by atoms with E-state index in [0.29, 0.717) is 16.9 Å². The van der Waals surface area contributed by atoms with Crippen molar-refractivity contribution in [1.82, 2.24) is 0 Å². The van der Waals surface area contributed by atoms with Crippen LogP contribution in [0.1, 0.15) is 29.4 Å². The summed E-state index contributed by atoms with van der Waals surface area (Å²) >= 11 is 1.31. The van der Waals surface area contributed by atoms with E-state index in [4.69, 9.17) is 0 Å². The molecule has 2 aromatic rings. The molecule has 0 N–H and O–H groups in total. The molecule has 1 heterocycles. The summed E-state index contributed by atoms with van der Waals surface area (Å²) < 4.78 is 25.9. The van der Waals surface area contributed by atoms with Crippen molar-refractivity contribution in [2.24, 2.45) is 0 Å². The Labute approximate surface area is 108 Å². The lowest BCUT2D eigenvalue weighted by atomic mass is 10.1. The SMILES string of the molecule is CCCC(=O)c1ccc(-c2ccc(F)c(F)c2)s1. The third-order valence-electron chi connectivity index (χ3n) is 2.56. The molecule has 0 amide bonds.